The number of carbonyl (C=O) groups is 1. The van der Waals surface area contributed by atoms with Crippen LogP contribution >= 0.6 is 0 Å². The van der Waals surface area contributed by atoms with Crippen molar-refractivity contribution >= 4 is 27.3 Å². The Morgan fingerprint density at radius 2 is 1.94 bits per heavy atom. The molecule has 0 bridgehead atoms. The van der Waals surface area contributed by atoms with Crippen molar-refractivity contribution in [3.05, 3.63) is 69.4 Å². The van der Waals surface area contributed by atoms with E-state index in [4.69, 9.17) is 4.74 Å². The monoisotopic (exact) mass is 487 g/mol. The standard InChI is InChI=1S/C22H25N5O6S/c1-5-11-23-34(31,32)19-13-17(27(29)30)9-10-18(19)33-22-15(3)20(25-26(22)4)21(28)24-16-8-6-7-14(2)12-16/h6-10,12-13,23H,5,11H2,1-4H3,(H,24,28). The Kier molecular flexibility index (Phi) is 7.32. The van der Waals surface area contributed by atoms with Gasteiger partial charge in [-0.2, -0.15) is 5.10 Å². The van der Waals surface area contributed by atoms with Crippen molar-refractivity contribution in [2.75, 3.05) is 11.9 Å². The Morgan fingerprint density at radius 3 is 2.59 bits per heavy atom. The summed E-state index contributed by atoms with van der Waals surface area (Å²) in [4.78, 5) is 22.9. The van der Waals surface area contributed by atoms with E-state index >= 15 is 0 Å². The fourth-order valence-electron chi connectivity index (χ4n) is 3.21. The van der Waals surface area contributed by atoms with E-state index in [9.17, 15) is 23.3 Å². The lowest BCUT2D eigenvalue weighted by Gasteiger charge is -2.13. The zero-order valence-electron chi connectivity index (χ0n) is 19.2. The Morgan fingerprint density at radius 1 is 1.21 bits per heavy atom. The highest BCUT2D eigenvalue weighted by Gasteiger charge is 2.26. The minimum atomic E-state index is -4.10. The van der Waals surface area contributed by atoms with E-state index in [1.165, 1.54) is 10.7 Å². The Labute approximate surface area is 196 Å². The maximum atomic E-state index is 12.8. The third kappa shape index (κ3) is 5.41. The van der Waals surface area contributed by atoms with E-state index in [1.54, 1.807) is 27.0 Å². The number of nitro benzene ring substituents is 1. The van der Waals surface area contributed by atoms with E-state index < -0.39 is 26.5 Å². The summed E-state index contributed by atoms with van der Waals surface area (Å²) in [6, 6.07) is 10.6. The Hall–Kier alpha value is -3.77. The molecule has 12 heteroatoms. The molecule has 1 aromatic heterocycles. The van der Waals surface area contributed by atoms with Crippen LogP contribution in [0.3, 0.4) is 0 Å². The van der Waals surface area contributed by atoms with Gasteiger partial charge in [-0.25, -0.2) is 17.8 Å². The first-order valence-electron chi connectivity index (χ1n) is 10.4. The fraction of sp³-hybridized carbons (Fsp3) is 0.273. The highest BCUT2D eigenvalue weighted by atomic mass is 32.2. The van der Waals surface area contributed by atoms with Gasteiger partial charge in [0.15, 0.2) is 5.69 Å². The number of nitro groups is 1. The molecule has 1 amide bonds. The third-order valence-corrected chi connectivity index (χ3v) is 6.37. The summed E-state index contributed by atoms with van der Waals surface area (Å²) in [7, 11) is -2.56. The molecule has 0 radical (unpaired) electrons. The van der Waals surface area contributed by atoms with Crippen LogP contribution in [0.4, 0.5) is 11.4 Å². The maximum absolute atomic E-state index is 12.8. The van der Waals surface area contributed by atoms with Crippen molar-refractivity contribution in [1.29, 1.82) is 0 Å². The molecule has 0 aliphatic carbocycles. The van der Waals surface area contributed by atoms with Crippen LogP contribution in [-0.2, 0) is 17.1 Å². The number of nitrogens with zero attached hydrogens (tertiary/aromatic N) is 3. The Balaban J connectivity index is 1.97. The third-order valence-electron chi connectivity index (χ3n) is 4.89. The van der Waals surface area contributed by atoms with Gasteiger partial charge in [0.2, 0.25) is 15.9 Å². The number of hydrogen-bond donors (Lipinski definition) is 2. The van der Waals surface area contributed by atoms with Gasteiger partial charge in [-0.3, -0.25) is 14.9 Å². The lowest BCUT2D eigenvalue weighted by Crippen LogP contribution is -2.25. The molecule has 1 heterocycles. The number of sulfonamides is 1. The minimum absolute atomic E-state index is 0.0921. The van der Waals surface area contributed by atoms with Gasteiger partial charge in [-0.05, 0) is 44.0 Å². The SMILES string of the molecule is CCCNS(=O)(=O)c1cc([N+](=O)[O-])ccc1Oc1c(C)c(C(=O)Nc2cccc(C)c2)nn1C. The molecule has 0 fully saturated rings. The van der Waals surface area contributed by atoms with Gasteiger partial charge < -0.3 is 10.1 Å². The predicted molar refractivity (Wildman–Crippen MR) is 126 cm³/mol. The first-order valence-corrected chi connectivity index (χ1v) is 11.9. The molecule has 0 aliphatic rings. The molecule has 3 rings (SSSR count). The molecule has 0 spiro atoms. The number of carbonyl (C=O) groups excluding carboxylic acids is 1. The summed E-state index contributed by atoms with van der Waals surface area (Å²) < 4.78 is 35.1. The molecule has 180 valence electrons. The van der Waals surface area contributed by atoms with E-state index in [2.05, 4.69) is 15.1 Å². The number of aryl methyl sites for hydroxylation is 2. The first kappa shape index (κ1) is 24.9. The molecule has 0 unspecified atom stereocenters. The number of ether oxygens (including phenoxy) is 1. The summed E-state index contributed by atoms with van der Waals surface area (Å²) in [6.07, 6.45) is 0.532. The average molecular weight is 488 g/mol. The largest absolute Gasteiger partial charge is 0.438 e. The van der Waals surface area contributed by atoms with Crippen molar-refractivity contribution in [3.8, 4) is 11.6 Å². The van der Waals surface area contributed by atoms with Gasteiger partial charge in [0.1, 0.15) is 10.6 Å². The van der Waals surface area contributed by atoms with Crippen LogP contribution < -0.4 is 14.8 Å². The van der Waals surface area contributed by atoms with E-state index in [0.717, 1.165) is 17.7 Å². The van der Waals surface area contributed by atoms with Crippen LogP contribution in [0.2, 0.25) is 0 Å². The van der Waals surface area contributed by atoms with Crippen LogP contribution in [0, 0.1) is 24.0 Å². The van der Waals surface area contributed by atoms with Crippen LogP contribution in [0.1, 0.15) is 35.0 Å². The van der Waals surface area contributed by atoms with Crippen LogP contribution in [0.25, 0.3) is 0 Å². The summed E-state index contributed by atoms with van der Waals surface area (Å²) >= 11 is 0. The van der Waals surface area contributed by atoms with E-state index in [1.807, 2.05) is 25.1 Å². The molecular formula is C22H25N5O6S. The quantitative estimate of drug-likeness (QED) is 0.346. The number of anilines is 1. The van der Waals surface area contributed by atoms with Crippen LogP contribution in [0.15, 0.2) is 47.4 Å². The molecule has 0 saturated carbocycles. The normalized spacial score (nSPS) is 11.3. The summed E-state index contributed by atoms with van der Waals surface area (Å²) in [6.45, 7) is 5.45. The number of nitrogens with one attached hydrogen (secondary N) is 2. The minimum Gasteiger partial charge on any atom is -0.438 e. The smallest absolute Gasteiger partial charge is 0.276 e. The van der Waals surface area contributed by atoms with Crippen molar-refractivity contribution in [1.82, 2.24) is 14.5 Å². The fourth-order valence-corrected chi connectivity index (χ4v) is 4.49. The highest BCUT2D eigenvalue weighted by molar-refractivity contribution is 7.89. The van der Waals surface area contributed by atoms with E-state index in [-0.39, 0.29) is 28.8 Å². The van der Waals surface area contributed by atoms with Crippen molar-refractivity contribution in [3.63, 3.8) is 0 Å². The number of benzene rings is 2. The van der Waals surface area contributed by atoms with Crippen LogP contribution in [-0.4, -0.2) is 35.6 Å². The molecule has 0 atom stereocenters. The zero-order valence-corrected chi connectivity index (χ0v) is 20.0. The number of rotatable bonds is 9. The van der Waals surface area contributed by atoms with Crippen molar-refractivity contribution in [2.24, 2.45) is 7.05 Å². The molecule has 34 heavy (non-hydrogen) atoms. The van der Waals surface area contributed by atoms with Gasteiger partial charge in [0.05, 0.1) is 4.92 Å². The zero-order chi connectivity index (χ0) is 25.0. The summed E-state index contributed by atoms with van der Waals surface area (Å²) in [5, 5.41) is 18.2. The molecule has 3 aromatic rings. The maximum Gasteiger partial charge on any atom is 0.276 e. The molecule has 2 N–H and O–H groups in total. The van der Waals surface area contributed by atoms with Gasteiger partial charge in [-0.1, -0.05) is 19.1 Å². The summed E-state index contributed by atoms with van der Waals surface area (Å²) in [5.41, 5.74) is 1.64. The Bertz CT molecular complexity index is 1350. The number of aromatic nitrogens is 2. The van der Waals surface area contributed by atoms with Crippen molar-refractivity contribution < 1.29 is 22.9 Å². The second-order valence-corrected chi connectivity index (χ2v) is 9.35. The second-order valence-electron chi connectivity index (χ2n) is 7.61. The molecule has 0 aliphatic heterocycles. The topological polar surface area (TPSA) is 145 Å². The number of hydrogen-bond acceptors (Lipinski definition) is 7. The first-order chi connectivity index (χ1) is 16.0. The van der Waals surface area contributed by atoms with E-state index in [0.29, 0.717) is 17.7 Å². The molecule has 2 aromatic carbocycles. The number of amides is 1. The van der Waals surface area contributed by atoms with Gasteiger partial charge >= 0.3 is 0 Å². The van der Waals surface area contributed by atoms with Crippen LogP contribution in [0.5, 0.6) is 11.6 Å². The van der Waals surface area contributed by atoms with Gasteiger partial charge in [0.25, 0.3) is 11.6 Å². The average Bonchev–Trinajstić information content (AvgIpc) is 3.06. The number of non-ortho nitro benzene ring substituents is 1. The van der Waals surface area contributed by atoms with Crippen molar-refractivity contribution in [2.45, 2.75) is 32.1 Å². The van der Waals surface area contributed by atoms with Gasteiger partial charge in [0, 0.05) is 37.0 Å². The predicted octanol–water partition coefficient (Wildman–Crippen LogP) is 3.68. The lowest BCUT2D eigenvalue weighted by atomic mass is 10.2. The molecule has 11 nitrogen and oxygen atoms in total. The second kappa shape index (κ2) is 10.0. The molecular weight excluding hydrogens is 462 g/mol. The molecule has 0 saturated heterocycles. The highest BCUT2D eigenvalue weighted by Crippen LogP contribution is 2.34. The van der Waals surface area contributed by atoms with Gasteiger partial charge in [-0.15, -0.1) is 0 Å². The summed E-state index contributed by atoms with van der Waals surface area (Å²) in [5.74, 6) is -0.476. The lowest BCUT2D eigenvalue weighted by molar-refractivity contribution is -0.385.